The number of nitrogens with one attached hydrogen (secondary N) is 2. The first-order valence-corrected chi connectivity index (χ1v) is 6.50. The molecule has 0 saturated heterocycles. The van der Waals surface area contributed by atoms with Crippen LogP contribution in [0.3, 0.4) is 0 Å². The van der Waals surface area contributed by atoms with Crippen molar-refractivity contribution in [2.24, 2.45) is 11.8 Å². The Morgan fingerprint density at radius 3 is 2.15 bits per heavy atom. The summed E-state index contributed by atoms with van der Waals surface area (Å²) in [6.07, 6.45) is 1.25. The van der Waals surface area contributed by atoms with Gasteiger partial charge in [0.15, 0.2) is 0 Å². The predicted molar refractivity (Wildman–Crippen MR) is 55.3 cm³/mol. The molecular formula is C10H22N2W. The molecule has 0 aliphatic rings. The molecule has 0 saturated carbocycles. The Morgan fingerprint density at radius 1 is 1.08 bits per heavy atom. The summed E-state index contributed by atoms with van der Waals surface area (Å²) in [7, 11) is 0. The Bertz CT molecular complexity index is 144. The maximum atomic E-state index is 3.41. The van der Waals surface area contributed by atoms with Crippen LogP contribution >= 0.6 is 0 Å². The first-order valence-electron chi connectivity index (χ1n) is 5.04. The molecule has 2 N–H and O–H groups in total. The van der Waals surface area contributed by atoms with Crippen LogP contribution in [0, 0.1) is 11.8 Å². The average molecular weight is 354 g/mol. The zero-order chi connectivity index (χ0) is 10.3. The van der Waals surface area contributed by atoms with Crippen LogP contribution in [0.4, 0.5) is 0 Å². The van der Waals surface area contributed by atoms with Crippen molar-refractivity contribution in [1.29, 1.82) is 0 Å². The van der Waals surface area contributed by atoms with E-state index in [0.29, 0.717) is 0 Å². The van der Waals surface area contributed by atoms with Crippen molar-refractivity contribution in [3.8, 4) is 0 Å². The Balaban J connectivity index is 3.30. The van der Waals surface area contributed by atoms with Crippen LogP contribution in [0.5, 0.6) is 0 Å². The molecule has 2 nitrogen and oxygen atoms in total. The van der Waals surface area contributed by atoms with E-state index in [2.05, 4.69) is 38.3 Å². The Hall–Kier alpha value is 0.478. The molecule has 3 heteroatoms. The van der Waals surface area contributed by atoms with Crippen LogP contribution < -0.4 is 10.6 Å². The van der Waals surface area contributed by atoms with Gasteiger partial charge in [0, 0.05) is 0 Å². The van der Waals surface area contributed by atoms with Gasteiger partial charge in [-0.05, 0) is 0 Å². The standard InChI is InChI=1S/C10H22N2.W/c1-9(2)5-6-11-8-12-7-10(3)4;/h9-12H,5-7H2,1-4H3;. The van der Waals surface area contributed by atoms with E-state index in [9.17, 15) is 0 Å². The average Bonchev–Trinajstić information content (AvgIpc) is 2.00. The molecule has 0 unspecified atom stereocenters. The number of hydrogen-bond donors (Lipinski definition) is 2. The third-order valence-electron chi connectivity index (χ3n) is 1.68. The van der Waals surface area contributed by atoms with Gasteiger partial charge in [0.25, 0.3) is 0 Å². The fourth-order valence-corrected chi connectivity index (χ4v) is 1.50. The van der Waals surface area contributed by atoms with E-state index in [-0.39, 0.29) is 0 Å². The van der Waals surface area contributed by atoms with Gasteiger partial charge in [-0.1, -0.05) is 0 Å². The van der Waals surface area contributed by atoms with Crippen molar-refractivity contribution in [3.63, 3.8) is 0 Å². The topological polar surface area (TPSA) is 24.1 Å². The SMILES string of the molecule is CC(C)CCN[C](=[W])NCC(C)C. The normalized spacial score (nSPS) is 11.2. The van der Waals surface area contributed by atoms with E-state index in [1.165, 1.54) is 29.9 Å². The van der Waals surface area contributed by atoms with Gasteiger partial charge in [0.1, 0.15) is 0 Å². The molecule has 0 radical (unpaired) electrons. The molecule has 0 aromatic heterocycles. The van der Waals surface area contributed by atoms with Gasteiger partial charge in [0.2, 0.25) is 0 Å². The van der Waals surface area contributed by atoms with Crippen LogP contribution in [0.25, 0.3) is 0 Å². The van der Waals surface area contributed by atoms with Crippen LogP contribution in [0.1, 0.15) is 34.1 Å². The van der Waals surface area contributed by atoms with Crippen molar-refractivity contribution in [1.82, 2.24) is 10.6 Å². The van der Waals surface area contributed by atoms with Crippen molar-refractivity contribution in [2.75, 3.05) is 13.1 Å². The first kappa shape index (κ1) is 13.5. The van der Waals surface area contributed by atoms with E-state index in [1.54, 1.807) is 0 Å². The summed E-state index contributed by atoms with van der Waals surface area (Å²) in [4.78, 5) is 0. The molecule has 0 atom stereocenters. The van der Waals surface area contributed by atoms with Gasteiger partial charge in [-0.2, -0.15) is 0 Å². The van der Waals surface area contributed by atoms with Crippen LogP contribution in [-0.2, 0) is 19.4 Å². The fourth-order valence-electron chi connectivity index (χ4n) is 0.834. The Labute approximate surface area is 93.3 Å². The summed E-state index contributed by atoms with van der Waals surface area (Å²) in [6, 6.07) is 0. The molecular weight excluding hydrogens is 332 g/mol. The molecule has 0 aromatic rings. The fraction of sp³-hybridized carbons (Fsp3) is 0.900. The van der Waals surface area contributed by atoms with Gasteiger partial charge in [-0.3, -0.25) is 0 Å². The van der Waals surface area contributed by atoms with E-state index in [1.807, 2.05) is 0 Å². The monoisotopic (exact) mass is 354 g/mol. The van der Waals surface area contributed by atoms with Crippen LogP contribution in [-0.4, -0.2) is 17.2 Å². The maximum absolute atomic E-state index is 3.41. The van der Waals surface area contributed by atoms with Gasteiger partial charge in [-0.15, -0.1) is 0 Å². The van der Waals surface area contributed by atoms with E-state index in [4.69, 9.17) is 0 Å². The minimum absolute atomic E-state index is 0.723. The summed E-state index contributed by atoms with van der Waals surface area (Å²) in [6.45, 7) is 11.1. The van der Waals surface area contributed by atoms with Crippen molar-refractivity contribution in [3.05, 3.63) is 0 Å². The Morgan fingerprint density at radius 2 is 1.69 bits per heavy atom. The molecule has 13 heavy (non-hydrogen) atoms. The van der Waals surface area contributed by atoms with Crippen molar-refractivity contribution in [2.45, 2.75) is 34.1 Å². The van der Waals surface area contributed by atoms with Crippen molar-refractivity contribution < 1.29 is 19.4 Å². The number of hydrogen-bond acceptors (Lipinski definition) is 2. The first-order chi connectivity index (χ1) is 6.02. The molecule has 0 spiro atoms. The zero-order valence-corrected chi connectivity index (χ0v) is 12.1. The second-order valence-corrected chi connectivity index (χ2v) is 5.68. The third kappa shape index (κ3) is 10.4. The van der Waals surface area contributed by atoms with E-state index >= 15 is 0 Å². The molecule has 0 amide bonds. The zero-order valence-electron chi connectivity index (χ0n) is 9.18. The van der Waals surface area contributed by atoms with Gasteiger partial charge in [0.05, 0.1) is 0 Å². The molecule has 0 aliphatic heterocycles. The molecule has 0 bridgehead atoms. The third-order valence-corrected chi connectivity index (χ3v) is 2.72. The predicted octanol–water partition coefficient (Wildman–Crippen LogP) is 1.50. The van der Waals surface area contributed by atoms with Crippen LogP contribution in [0.2, 0.25) is 0 Å². The minimum atomic E-state index is 0.723. The van der Waals surface area contributed by atoms with Gasteiger partial charge >= 0.3 is 93.2 Å². The molecule has 0 aliphatic carbocycles. The van der Waals surface area contributed by atoms with E-state index < -0.39 is 0 Å². The van der Waals surface area contributed by atoms with Gasteiger partial charge in [-0.25, -0.2) is 0 Å². The summed E-state index contributed by atoms with van der Waals surface area (Å²) in [5.74, 6) is 1.52. The quantitative estimate of drug-likeness (QED) is 0.724. The second-order valence-electron chi connectivity index (χ2n) is 4.21. The van der Waals surface area contributed by atoms with Crippen LogP contribution in [0.15, 0.2) is 0 Å². The molecule has 0 aromatic carbocycles. The van der Waals surface area contributed by atoms with Crippen molar-refractivity contribution >= 4 is 4.15 Å². The molecule has 0 rings (SSSR count). The summed E-state index contributed by atoms with van der Waals surface area (Å²) in [5.41, 5.74) is 0. The molecule has 0 heterocycles. The van der Waals surface area contributed by atoms with Gasteiger partial charge < -0.3 is 0 Å². The summed E-state index contributed by atoms with van der Waals surface area (Å²) < 4.78 is 1.29. The Kier molecular flexibility index (Phi) is 8.13. The number of rotatable bonds is 7. The molecule has 0 fully saturated rings. The summed E-state index contributed by atoms with van der Waals surface area (Å²) in [5, 5.41) is 6.81. The molecule has 78 valence electrons. The van der Waals surface area contributed by atoms with E-state index in [0.717, 1.165) is 24.9 Å². The second kappa shape index (κ2) is 7.84. The summed E-state index contributed by atoms with van der Waals surface area (Å²) >= 11 is 1.50.